The Hall–Kier alpha value is -0.830. The van der Waals surface area contributed by atoms with Gasteiger partial charge in [0.15, 0.2) is 6.79 Å². The van der Waals surface area contributed by atoms with Crippen LogP contribution in [0.1, 0.15) is 51.9 Å². The summed E-state index contributed by atoms with van der Waals surface area (Å²) in [7, 11) is 0. The third kappa shape index (κ3) is 13.2. The van der Waals surface area contributed by atoms with Crippen molar-refractivity contribution in [3.05, 3.63) is 12.3 Å². The zero-order chi connectivity index (χ0) is 11.9. The molecule has 0 aliphatic heterocycles. The SMILES string of the molecule is CCOCOC=CCCCCCCCC=O. The van der Waals surface area contributed by atoms with E-state index in [-0.39, 0.29) is 0 Å². The predicted octanol–water partition coefficient (Wildman–Crippen LogP) is 3.44. The van der Waals surface area contributed by atoms with Crippen LogP contribution in [0.15, 0.2) is 12.3 Å². The first-order chi connectivity index (χ1) is 7.91. The van der Waals surface area contributed by atoms with Crippen molar-refractivity contribution in [3.8, 4) is 0 Å². The van der Waals surface area contributed by atoms with Crippen molar-refractivity contribution in [2.24, 2.45) is 0 Å². The fraction of sp³-hybridized carbons (Fsp3) is 0.769. The van der Waals surface area contributed by atoms with Gasteiger partial charge in [-0.15, -0.1) is 0 Å². The molecule has 0 N–H and O–H groups in total. The van der Waals surface area contributed by atoms with E-state index in [1.807, 2.05) is 13.0 Å². The molecule has 0 saturated carbocycles. The van der Waals surface area contributed by atoms with Crippen molar-refractivity contribution in [2.75, 3.05) is 13.4 Å². The van der Waals surface area contributed by atoms with E-state index in [1.54, 1.807) is 6.26 Å². The Kier molecular flexibility index (Phi) is 13.4. The first-order valence-corrected chi connectivity index (χ1v) is 6.19. The fourth-order valence-electron chi connectivity index (χ4n) is 1.33. The summed E-state index contributed by atoms with van der Waals surface area (Å²) < 4.78 is 10.1. The molecule has 3 heteroatoms. The minimum atomic E-state index is 0.346. The molecule has 0 saturated heterocycles. The highest BCUT2D eigenvalue weighted by Gasteiger charge is 1.89. The smallest absolute Gasteiger partial charge is 0.188 e. The van der Waals surface area contributed by atoms with Gasteiger partial charge in [0.05, 0.1) is 6.26 Å². The fourth-order valence-corrected chi connectivity index (χ4v) is 1.33. The van der Waals surface area contributed by atoms with Crippen molar-refractivity contribution < 1.29 is 14.3 Å². The monoisotopic (exact) mass is 228 g/mol. The molecule has 0 amide bonds. The average molecular weight is 228 g/mol. The molecule has 0 aromatic heterocycles. The van der Waals surface area contributed by atoms with Crippen LogP contribution in [-0.2, 0) is 14.3 Å². The van der Waals surface area contributed by atoms with Gasteiger partial charge in [0.1, 0.15) is 6.29 Å². The molecule has 0 unspecified atom stereocenters. The van der Waals surface area contributed by atoms with E-state index < -0.39 is 0 Å². The molecule has 0 fully saturated rings. The number of carbonyl (C=O) groups excluding carboxylic acids is 1. The predicted molar refractivity (Wildman–Crippen MR) is 65.1 cm³/mol. The largest absolute Gasteiger partial charge is 0.475 e. The van der Waals surface area contributed by atoms with E-state index in [0.29, 0.717) is 19.8 Å². The molecule has 0 rings (SSSR count). The highest BCUT2D eigenvalue weighted by molar-refractivity contribution is 5.48. The number of hydrogen-bond acceptors (Lipinski definition) is 3. The average Bonchev–Trinajstić information content (AvgIpc) is 2.31. The first-order valence-electron chi connectivity index (χ1n) is 6.19. The van der Waals surface area contributed by atoms with Gasteiger partial charge < -0.3 is 14.3 Å². The molecule has 0 aliphatic rings. The maximum Gasteiger partial charge on any atom is 0.188 e. The van der Waals surface area contributed by atoms with Crippen LogP contribution >= 0.6 is 0 Å². The van der Waals surface area contributed by atoms with Crippen LogP contribution in [-0.4, -0.2) is 19.7 Å². The van der Waals surface area contributed by atoms with Gasteiger partial charge in [-0.3, -0.25) is 0 Å². The molecule has 16 heavy (non-hydrogen) atoms. The number of aldehydes is 1. The third-order valence-electron chi connectivity index (χ3n) is 2.24. The Morgan fingerprint density at radius 2 is 1.69 bits per heavy atom. The minimum absolute atomic E-state index is 0.346. The molecule has 0 aliphatic carbocycles. The summed E-state index contributed by atoms with van der Waals surface area (Å²) in [6.45, 7) is 2.98. The summed E-state index contributed by atoms with van der Waals surface area (Å²) in [5.41, 5.74) is 0. The second kappa shape index (κ2) is 14.2. The van der Waals surface area contributed by atoms with Crippen LogP contribution in [0.3, 0.4) is 0 Å². The van der Waals surface area contributed by atoms with Crippen LogP contribution in [0.5, 0.6) is 0 Å². The van der Waals surface area contributed by atoms with Crippen LogP contribution in [0.4, 0.5) is 0 Å². The maximum absolute atomic E-state index is 10.1. The molecular formula is C13H24O3. The summed E-state index contributed by atoms with van der Waals surface area (Å²) in [6.07, 6.45) is 12.4. The van der Waals surface area contributed by atoms with Gasteiger partial charge in [-0.25, -0.2) is 0 Å². The van der Waals surface area contributed by atoms with Gasteiger partial charge in [0.25, 0.3) is 0 Å². The summed E-state index contributed by atoms with van der Waals surface area (Å²) in [5.74, 6) is 0. The number of allylic oxidation sites excluding steroid dienone is 1. The second-order valence-electron chi connectivity index (χ2n) is 3.66. The highest BCUT2D eigenvalue weighted by Crippen LogP contribution is 2.06. The topological polar surface area (TPSA) is 35.5 Å². The van der Waals surface area contributed by atoms with E-state index in [9.17, 15) is 4.79 Å². The van der Waals surface area contributed by atoms with Gasteiger partial charge >= 0.3 is 0 Å². The Balaban J connectivity index is 2.99. The lowest BCUT2D eigenvalue weighted by Gasteiger charge is -1.99. The Bertz CT molecular complexity index is 167. The Morgan fingerprint density at radius 3 is 2.38 bits per heavy atom. The quantitative estimate of drug-likeness (QED) is 0.222. The molecule has 0 radical (unpaired) electrons. The van der Waals surface area contributed by atoms with Gasteiger partial charge in [-0.05, 0) is 32.3 Å². The minimum Gasteiger partial charge on any atom is -0.475 e. The standard InChI is InChI=1S/C13H24O3/c1-2-15-13-16-12-10-8-6-4-3-5-7-9-11-14/h10-12H,2-9,13H2,1H3. The van der Waals surface area contributed by atoms with E-state index in [2.05, 4.69) is 0 Å². The van der Waals surface area contributed by atoms with Crippen LogP contribution in [0.2, 0.25) is 0 Å². The summed E-state index contributed by atoms with van der Waals surface area (Å²) in [4.78, 5) is 10.1. The third-order valence-corrected chi connectivity index (χ3v) is 2.24. The van der Waals surface area contributed by atoms with Gasteiger partial charge in [0.2, 0.25) is 0 Å². The van der Waals surface area contributed by atoms with E-state index in [1.165, 1.54) is 25.7 Å². The maximum atomic E-state index is 10.1. The van der Waals surface area contributed by atoms with Crippen molar-refractivity contribution >= 4 is 6.29 Å². The van der Waals surface area contributed by atoms with E-state index in [4.69, 9.17) is 9.47 Å². The molecular weight excluding hydrogens is 204 g/mol. The number of unbranched alkanes of at least 4 members (excludes halogenated alkanes) is 6. The molecule has 94 valence electrons. The molecule has 0 spiro atoms. The normalized spacial score (nSPS) is 10.8. The van der Waals surface area contributed by atoms with Crippen molar-refractivity contribution in [2.45, 2.75) is 51.9 Å². The second-order valence-corrected chi connectivity index (χ2v) is 3.66. The Labute approximate surface area is 98.8 Å². The first kappa shape index (κ1) is 15.2. The number of hydrogen-bond donors (Lipinski definition) is 0. The summed E-state index contributed by atoms with van der Waals surface area (Å²) in [5, 5.41) is 0. The zero-order valence-electron chi connectivity index (χ0n) is 10.3. The molecule has 0 aromatic carbocycles. The number of carbonyl (C=O) groups is 1. The van der Waals surface area contributed by atoms with Gasteiger partial charge in [-0.1, -0.05) is 19.3 Å². The van der Waals surface area contributed by atoms with Crippen LogP contribution in [0.25, 0.3) is 0 Å². The van der Waals surface area contributed by atoms with Crippen molar-refractivity contribution in [3.63, 3.8) is 0 Å². The highest BCUT2D eigenvalue weighted by atomic mass is 16.7. The van der Waals surface area contributed by atoms with Gasteiger partial charge in [0, 0.05) is 13.0 Å². The summed E-state index contributed by atoms with van der Waals surface area (Å²) in [6, 6.07) is 0. The molecule has 0 bridgehead atoms. The Morgan fingerprint density at radius 1 is 1.00 bits per heavy atom. The molecule has 0 atom stereocenters. The molecule has 0 aromatic rings. The lowest BCUT2D eigenvalue weighted by atomic mass is 10.1. The van der Waals surface area contributed by atoms with Crippen molar-refractivity contribution in [1.82, 2.24) is 0 Å². The molecule has 0 heterocycles. The van der Waals surface area contributed by atoms with E-state index in [0.717, 1.165) is 19.1 Å². The van der Waals surface area contributed by atoms with E-state index >= 15 is 0 Å². The van der Waals surface area contributed by atoms with Gasteiger partial charge in [-0.2, -0.15) is 0 Å². The van der Waals surface area contributed by atoms with Crippen LogP contribution < -0.4 is 0 Å². The summed E-state index contributed by atoms with van der Waals surface area (Å²) >= 11 is 0. The lowest BCUT2D eigenvalue weighted by molar-refractivity contribution is -0.107. The van der Waals surface area contributed by atoms with Crippen molar-refractivity contribution in [1.29, 1.82) is 0 Å². The number of ether oxygens (including phenoxy) is 2. The zero-order valence-corrected chi connectivity index (χ0v) is 10.3. The lowest BCUT2D eigenvalue weighted by Crippen LogP contribution is -1.93. The van der Waals surface area contributed by atoms with Crippen LogP contribution in [0, 0.1) is 0 Å². The number of rotatable bonds is 12. The molecule has 3 nitrogen and oxygen atoms in total.